The van der Waals surface area contributed by atoms with Crippen LogP contribution in [0.25, 0.3) is 0 Å². The Morgan fingerprint density at radius 2 is 2.05 bits per heavy atom. The smallest absolute Gasteiger partial charge is 0.279 e. The van der Waals surface area contributed by atoms with E-state index in [2.05, 4.69) is 5.32 Å². The highest BCUT2D eigenvalue weighted by atomic mass is 16.3. The number of rotatable bonds is 5. The molecule has 0 aliphatic heterocycles. The topological polar surface area (TPSA) is 58.9 Å². The molecule has 0 unspecified atom stereocenters. The average molecular weight is 259 g/mol. The van der Waals surface area contributed by atoms with E-state index in [1.165, 1.54) is 5.56 Å². The molecule has 1 heterocycles. The van der Waals surface area contributed by atoms with E-state index in [1.54, 1.807) is 6.26 Å². The van der Waals surface area contributed by atoms with Gasteiger partial charge in [0.25, 0.3) is 5.91 Å². The number of hydrogen-bond acceptors (Lipinski definition) is 2. The van der Waals surface area contributed by atoms with Crippen molar-refractivity contribution < 1.29 is 14.5 Å². The van der Waals surface area contributed by atoms with Crippen molar-refractivity contribution in [3.63, 3.8) is 0 Å². The van der Waals surface area contributed by atoms with Crippen molar-refractivity contribution in [2.75, 3.05) is 11.9 Å². The predicted octanol–water partition coefficient (Wildman–Crippen LogP) is 1.85. The summed E-state index contributed by atoms with van der Waals surface area (Å²) in [4.78, 5) is 11.8. The van der Waals surface area contributed by atoms with E-state index in [1.807, 2.05) is 55.6 Å². The number of aryl methyl sites for hydroxylation is 1. The van der Waals surface area contributed by atoms with Crippen molar-refractivity contribution in [1.29, 1.82) is 0 Å². The van der Waals surface area contributed by atoms with Crippen LogP contribution in [0.5, 0.6) is 0 Å². The summed E-state index contributed by atoms with van der Waals surface area (Å²) >= 11 is 0. The Hall–Kier alpha value is -2.07. The zero-order valence-electron chi connectivity index (χ0n) is 11.2. The molecule has 0 saturated heterocycles. The number of amides is 1. The molecule has 3 N–H and O–H groups in total. The predicted molar refractivity (Wildman–Crippen MR) is 73.7 cm³/mol. The molecular formula is C15H19N2O2+. The van der Waals surface area contributed by atoms with Crippen LogP contribution in [0.3, 0.4) is 0 Å². The lowest BCUT2D eigenvalue weighted by Gasteiger charge is -2.08. The molecule has 19 heavy (non-hydrogen) atoms. The molecule has 1 aromatic carbocycles. The summed E-state index contributed by atoms with van der Waals surface area (Å²) in [6, 6.07) is 11.7. The second kappa shape index (κ2) is 6.20. The third-order valence-corrected chi connectivity index (χ3v) is 2.98. The van der Waals surface area contributed by atoms with Gasteiger partial charge < -0.3 is 15.1 Å². The highest BCUT2D eigenvalue weighted by Gasteiger charge is 2.13. The van der Waals surface area contributed by atoms with Crippen LogP contribution < -0.4 is 10.6 Å². The van der Waals surface area contributed by atoms with Crippen molar-refractivity contribution >= 4 is 11.6 Å². The maximum absolute atomic E-state index is 11.8. The molecule has 4 heteroatoms. The normalized spacial score (nSPS) is 12.1. The number of benzene rings is 1. The Morgan fingerprint density at radius 1 is 1.32 bits per heavy atom. The Labute approximate surface area is 112 Å². The third kappa shape index (κ3) is 3.96. The summed E-state index contributed by atoms with van der Waals surface area (Å²) < 4.78 is 5.30. The van der Waals surface area contributed by atoms with Crippen LogP contribution in [-0.2, 0) is 4.79 Å². The van der Waals surface area contributed by atoms with Gasteiger partial charge in [-0.15, -0.1) is 0 Å². The molecule has 0 radical (unpaired) electrons. The highest BCUT2D eigenvalue weighted by molar-refractivity contribution is 5.91. The van der Waals surface area contributed by atoms with E-state index in [9.17, 15) is 4.79 Å². The van der Waals surface area contributed by atoms with E-state index in [-0.39, 0.29) is 11.9 Å². The van der Waals surface area contributed by atoms with Gasteiger partial charge in [0.1, 0.15) is 6.04 Å². The summed E-state index contributed by atoms with van der Waals surface area (Å²) in [5.41, 5.74) is 2.01. The molecule has 1 amide bonds. The van der Waals surface area contributed by atoms with Crippen LogP contribution in [0.2, 0.25) is 0 Å². The van der Waals surface area contributed by atoms with Gasteiger partial charge in [-0.1, -0.05) is 17.7 Å². The molecule has 0 bridgehead atoms. The first kappa shape index (κ1) is 13.4. The lowest BCUT2D eigenvalue weighted by Crippen LogP contribution is -2.86. The fourth-order valence-corrected chi connectivity index (χ4v) is 1.80. The summed E-state index contributed by atoms with van der Waals surface area (Å²) in [6.45, 7) is 4.40. The van der Waals surface area contributed by atoms with Gasteiger partial charge in [0, 0.05) is 5.69 Å². The van der Waals surface area contributed by atoms with Gasteiger partial charge in [-0.05, 0) is 38.1 Å². The van der Waals surface area contributed by atoms with Crippen LogP contribution in [0, 0.1) is 6.92 Å². The standard InChI is InChI=1S/C15H18N2O2/c1-11-5-7-13(8-6-11)17-15(18)10-16-12(2)14-4-3-9-19-14/h3-9,12,16H,10H2,1-2H3,(H,17,18)/p+1/t12-/m1/s1. The molecule has 1 atom stereocenters. The van der Waals surface area contributed by atoms with Crippen molar-refractivity contribution in [2.24, 2.45) is 0 Å². The van der Waals surface area contributed by atoms with Gasteiger partial charge in [-0.2, -0.15) is 0 Å². The van der Waals surface area contributed by atoms with Crippen LogP contribution in [0.1, 0.15) is 24.3 Å². The highest BCUT2D eigenvalue weighted by Crippen LogP contribution is 2.09. The fraction of sp³-hybridized carbons (Fsp3) is 0.267. The maximum atomic E-state index is 11.8. The van der Waals surface area contributed by atoms with E-state index < -0.39 is 0 Å². The number of furan rings is 1. The van der Waals surface area contributed by atoms with Crippen LogP contribution >= 0.6 is 0 Å². The number of carbonyl (C=O) groups excluding carboxylic acids is 1. The van der Waals surface area contributed by atoms with Gasteiger partial charge in [0.2, 0.25) is 0 Å². The Bertz CT molecular complexity index is 518. The van der Waals surface area contributed by atoms with Crippen molar-refractivity contribution in [2.45, 2.75) is 19.9 Å². The summed E-state index contributed by atoms with van der Waals surface area (Å²) in [5, 5.41) is 4.82. The minimum Gasteiger partial charge on any atom is -0.463 e. The minimum absolute atomic E-state index is 0.0118. The van der Waals surface area contributed by atoms with Gasteiger partial charge in [0.05, 0.1) is 6.26 Å². The monoisotopic (exact) mass is 259 g/mol. The van der Waals surface area contributed by atoms with Gasteiger partial charge in [-0.3, -0.25) is 4.79 Å². The fourth-order valence-electron chi connectivity index (χ4n) is 1.80. The summed E-state index contributed by atoms with van der Waals surface area (Å²) in [5.74, 6) is 0.866. The first-order valence-electron chi connectivity index (χ1n) is 6.38. The second-order valence-corrected chi connectivity index (χ2v) is 4.66. The van der Waals surface area contributed by atoms with E-state index in [0.717, 1.165) is 11.4 Å². The van der Waals surface area contributed by atoms with Gasteiger partial charge in [-0.25, -0.2) is 0 Å². The minimum atomic E-state index is -0.0118. The molecular weight excluding hydrogens is 240 g/mol. The third-order valence-electron chi connectivity index (χ3n) is 2.98. The lowest BCUT2D eigenvalue weighted by molar-refractivity contribution is -0.684. The Kier molecular flexibility index (Phi) is 4.36. The van der Waals surface area contributed by atoms with E-state index in [4.69, 9.17) is 4.42 Å². The van der Waals surface area contributed by atoms with Crippen LogP contribution in [0.4, 0.5) is 5.69 Å². The molecule has 0 spiro atoms. The maximum Gasteiger partial charge on any atom is 0.279 e. The van der Waals surface area contributed by atoms with Crippen LogP contribution in [-0.4, -0.2) is 12.5 Å². The van der Waals surface area contributed by atoms with Crippen molar-refractivity contribution in [1.82, 2.24) is 0 Å². The number of nitrogens with two attached hydrogens (primary N) is 1. The average Bonchev–Trinajstić information content (AvgIpc) is 2.93. The molecule has 0 saturated carbocycles. The number of nitrogens with one attached hydrogen (secondary N) is 1. The number of anilines is 1. The van der Waals surface area contributed by atoms with E-state index >= 15 is 0 Å². The van der Waals surface area contributed by atoms with Crippen molar-refractivity contribution in [3.05, 3.63) is 54.0 Å². The zero-order valence-corrected chi connectivity index (χ0v) is 11.2. The molecule has 2 rings (SSSR count). The van der Waals surface area contributed by atoms with Crippen LogP contribution in [0.15, 0.2) is 47.1 Å². The quantitative estimate of drug-likeness (QED) is 0.861. The summed E-state index contributed by atoms with van der Waals surface area (Å²) in [6.07, 6.45) is 1.64. The van der Waals surface area contributed by atoms with Gasteiger partial charge >= 0.3 is 0 Å². The molecule has 4 nitrogen and oxygen atoms in total. The molecule has 100 valence electrons. The number of carbonyl (C=O) groups is 1. The molecule has 0 aliphatic carbocycles. The second-order valence-electron chi connectivity index (χ2n) is 4.66. The molecule has 1 aromatic heterocycles. The first-order valence-corrected chi connectivity index (χ1v) is 6.38. The Balaban J connectivity index is 1.80. The first-order chi connectivity index (χ1) is 9.15. The van der Waals surface area contributed by atoms with Gasteiger partial charge in [0.15, 0.2) is 12.3 Å². The zero-order chi connectivity index (χ0) is 13.7. The SMILES string of the molecule is Cc1ccc(NC(=O)C[NH2+][C@H](C)c2ccco2)cc1. The molecule has 2 aromatic rings. The Morgan fingerprint density at radius 3 is 2.68 bits per heavy atom. The molecule has 0 fully saturated rings. The van der Waals surface area contributed by atoms with E-state index in [0.29, 0.717) is 6.54 Å². The number of hydrogen-bond donors (Lipinski definition) is 2. The lowest BCUT2D eigenvalue weighted by atomic mass is 10.2. The largest absolute Gasteiger partial charge is 0.463 e. The van der Waals surface area contributed by atoms with Crippen molar-refractivity contribution in [3.8, 4) is 0 Å². The molecule has 0 aliphatic rings. The summed E-state index contributed by atoms with van der Waals surface area (Å²) in [7, 11) is 0. The number of quaternary nitrogens is 1.